The minimum atomic E-state index is -0.254. The Morgan fingerprint density at radius 1 is 1.25 bits per heavy atom. The molecule has 4 rings (SSSR count). The summed E-state index contributed by atoms with van der Waals surface area (Å²) >= 11 is 1.43. The lowest BCUT2D eigenvalue weighted by molar-refractivity contribution is -0.120. The van der Waals surface area contributed by atoms with Gasteiger partial charge in [0.15, 0.2) is 11.0 Å². The quantitative estimate of drug-likeness (QED) is 0.647. The van der Waals surface area contributed by atoms with Gasteiger partial charge in [0, 0.05) is 24.0 Å². The zero-order valence-electron chi connectivity index (χ0n) is 16.2. The first-order valence-electron chi connectivity index (χ1n) is 9.43. The molecule has 1 amide bonds. The van der Waals surface area contributed by atoms with Gasteiger partial charge in [0.1, 0.15) is 0 Å². The minimum Gasteiger partial charge on any atom is -0.352 e. The number of hydrogen-bond acceptors (Lipinski definition) is 5. The summed E-state index contributed by atoms with van der Waals surface area (Å²) in [5.41, 5.74) is 4.22. The largest absolute Gasteiger partial charge is 0.352 e. The molecule has 1 fully saturated rings. The second kappa shape index (κ2) is 7.75. The van der Waals surface area contributed by atoms with Gasteiger partial charge in [-0.1, -0.05) is 29.5 Å². The fraction of sp³-hybridized carbons (Fsp3) is 0.333. The third kappa shape index (κ3) is 3.94. The topological polar surface area (TPSA) is 72.7 Å². The van der Waals surface area contributed by atoms with Crippen molar-refractivity contribution in [3.63, 3.8) is 0 Å². The number of nitrogens with one attached hydrogen (secondary N) is 1. The maximum Gasteiger partial charge on any atom is 0.233 e. The van der Waals surface area contributed by atoms with Crippen molar-refractivity contribution in [3.05, 3.63) is 53.9 Å². The molecule has 1 aromatic carbocycles. The molecule has 144 valence electrons. The molecule has 0 aliphatic heterocycles. The fourth-order valence-electron chi connectivity index (χ4n) is 3.06. The standard InChI is InChI=1S/C21H23N5OS/c1-13-6-9-18(14(2)11-13)26-19(16-5-4-10-22-12-16)24-25-21(26)28-15(3)20(27)23-17-7-8-17/h4-6,9-12,15,17H,7-8H2,1-3H3,(H,23,27)/t15-/m0/s1. The molecule has 1 saturated carbocycles. The molecule has 0 bridgehead atoms. The van der Waals surface area contributed by atoms with E-state index >= 15 is 0 Å². The van der Waals surface area contributed by atoms with Gasteiger partial charge in [0.25, 0.3) is 0 Å². The summed E-state index contributed by atoms with van der Waals surface area (Å²) in [5.74, 6) is 0.767. The molecule has 6 nitrogen and oxygen atoms in total. The Morgan fingerprint density at radius 3 is 2.75 bits per heavy atom. The Bertz CT molecular complexity index is 997. The number of benzene rings is 1. The number of carbonyl (C=O) groups is 1. The van der Waals surface area contributed by atoms with E-state index in [1.165, 1.54) is 17.3 Å². The molecular formula is C21H23N5OS. The van der Waals surface area contributed by atoms with Crippen molar-refractivity contribution in [2.24, 2.45) is 0 Å². The van der Waals surface area contributed by atoms with Gasteiger partial charge in [-0.05, 0) is 57.4 Å². The van der Waals surface area contributed by atoms with Crippen molar-refractivity contribution in [1.29, 1.82) is 0 Å². The van der Waals surface area contributed by atoms with Crippen molar-refractivity contribution in [2.75, 3.05) is 0 Å². The zero-order chi connectivity index (χ0) is 19.7. The monoisotopic (exact) mass is 393 g/mol. The lowest BCUT2D eigenvalue weighted by Crippen LogP contribution is -2.32. The van der Waals surface area contributed by atoms with Crippen LogP contribution in [0.2, 0.25) is 0 Å². The Labute approximate surface area is 168 Å². The molecule has 0 radical (unpaired) electrons. The van der Waals surface area contributed by atoms with Crippen LogP contribution in [0.3, 0.4) is 0 Å². The highest BCUT2D eigenvalue weighted by Gasteiger charge is 2.28. The number of aryl methyl sites for hydroxylation is 2. The smallest absolute Gasteiger partial charge is 0.233 e. The summed E-state index contributed by atoms with van der Waals surface area (Å²) in [5, 5.41) is 12.4. The number of nitrogens with zero attached hydrogens (tertiary/aromatic N) is 4. The van der Waals surface area contributed by atoms with Crippen molar-refractivity contribution in [1.82, 2.24) is 25.1 Å². The van der Waals surface area contributed by atoms with Gasteiger partial charge < -0.3 is 5.32 Å². The molecule has 2 heterocycles. The van der Waals surface area contributed by atoms with E-state index in [4.69, 9.17) is 0 Å². The number of rotatable bonds is 6. The lowest BCUT2D eigenvalue weighted by atomic mass is 10.1. The maximum atomic E-state index is 12.4. The average molecular weight is 394 g/mol. The van der Waals surface area contributed by atoms with Crippen molar-refractivity contribution >= 4 is 17.7 Å². The van der Waals surface area contributed by atoms with Gasteiger partial charge in [-0.25, -0.2) is 0 Å². The summed E-state index contributed by atoms with van der Waals surface area (Å²) in [6.07, 6.45) is 5.67. The lowest BCUT2D eigenvalue weighted by Gasteiger charge is -2.15. The Kier molecular flexibility index (Phi) is 5.17. The van der Waals surface area contributed by atoms with Gasteiger partial charge in [0.2, 0.25) is 5.91 Å². The van der Waals surface area contributed by atoms with E-state index in [2.05, 4.69) is 52.5 Å². The highest BCUT2D eigenvalue weighted by Crippen LogP contribution is 2.32. The predicted octanol–water partition coefficient (Wildman–Crippen LogP) is 3.71. The van der Waals surface area contributed by atoms with Crippen LogP contribution in [0.1, 0.15) is 30.9 Å². The first-order chi connectivity index (χ1) is 13.5. The fourth-order valence-corrected chi connectivity index (χ4v) is 3.93. The molecule has 0 unspecified atom stereocenters. The van der Waals surface area contributed by atoms with Crippen LogP contribution in [0, 0.1) is 13.8 Å². The van der Waals surface area contributed by atoms with Crippen LogP contribution in [-0.4, -0.2) is 36.9 Å². The van der Waals surface area contributed by atoms with Gasteiger partial charge in [0.05, 0.1) is 10.9 Å². The second-order valence-electron chi connectivity index (χ2n) is 7.22. The summed E-state index contributed by atoms with van der Waals surface area (Å²) in [6.45, 7) is 6.06. The molecular weight excluding hydrogens is 370 g/mol. The van der Waals surface area contributed by atoms with Crippen LogP contribution in [0.4, 0.5) is 0 Å². The molecule has 0 saturated heterocycles. The third-order valence-electron chi connectivity index (χ3n) is 4.72. The Balaban J connectivity index is 1.73. The molecule has 7 heteroatoms. The second-order valence-corrected chi connectivity index (χ2v) is 8.52. The highest BCUT2D eigenvalue weighted by atomic mass is 32.2. The van der Waals surface area contributed by atoms with E-state index in [-0.39, 0.29) is 11.2 Å². The number of carbonyl (C=O) groups excluding carboxylic acids is 1. The Hall–Kier alpha value is -2.67. The predicted molar refractivity (Wildman–Crippen MR) is 111 cm³/mol. The van der Waals surface area contributed by atoms with E-state index < -0.39 is 0 Å². The normalized spacial score (nSPS) is 14.7. The first kappa shape index (κ1) is 18.7. The number of aromatic nitrogens is 4. The average Bonchev–Trinajstić information content (AvgIpc) is 3.41. The van der Waals surface area contributed by atoms with Gasteiger partial charge in [-0.2, -0.15) is 0 Å². The number of amides is 1. The SMILES string of the molecule is Cc1ccc(-n2c(S[C@@H](C)C(=O)NC3CC3)nnc2-c2cccnc2)c(C)c1. The number of hydrogen-bond donors (Lipinski definition) is 1. The zero-order valence-corrected chi connectivity index (χ0v) is 17.0. The van der Waals surface area contributed by atoms with Crippen molar-refractivity contribution < 1.29 is 4.79 Å². The van der Waals surface area contributed by atoms with Crippen LogP contribution in [-0.2, 0) is 4.79 Å². The molecule has 28 heavy (non-hydrogen) atoms. The minimum absolute atomic E-state index is 0.0469. The van der Waals surface area contributed by atoms with Crippen LogP contribution in [0.15, 0.2) is 47.9 Å². The van der Waals surface area contributed by atoms with E-state index in [0.717, 1.165) is 35.5 Å². The van der Waals surface area contributed by atoms with E-state index in [0.29, 0.717) is 11.2 Å². The molecule has 1 aliphatic carbocycles. The van der Waals surface area contributed by atoms with E-state index in [1.807, 2.05) is 23.6 Å². The Morgan fingerprint density at radius 2 is 2.07 bits per heavy atom. The van der Waals surface area contributed by atoms with Gasteiger partial charge >= 0.3 is 0 Å². The highest BCUT2D eigenvalue weighted by molar-refractivity contribution is 8.00. The first-order valence-corrected chi connectivity index (χ1v) is 10.3. The van der Waals surface area contributed by atoms with Crippen molar-refractivity contribution in [3.8, 4) is 17.1 Å². The van der Waals surface area contributed by atoms with Crippen LogP contribution < -0.4 is 5.32 Å². The molecule has 1 atom stereocenters. The van der Waals surface area contributed by atoms with Crippen LogP contribution in [0.25, 0.3) is 17.1 Å². The third-order valence-corrected chi connectivity index (χ3v) is 5.76. The van der Waals surface area contributed by atoms with E-state index in [1.54, 1.807) is 12.4 Å². The van der Waals surface area contributed by atoms with Gasteiger partial charge in [-0.3, -0.25) is 14.3 Å². The summed E-state index contributed by atoms with van der Waals surface area (Å²) < 4.78 is 2.03. The van der Waals surface area contributed by atoms with E-state index in [9.17, 15) is 4.79 Å². The maximum absolute atomic E-state index is 12.4. The molecule has 0 spiro atoms. The summed E-state index contributed by atoms with van der Waals surface area (Å²) in [7, 11) is 0. The molecule has 1 aliphatic rings. The summed E-state index contributed by atoms with van der Waals surface area (Å²) in [6, 6.07) is 10.5. The van der Waals surface area contributed by atoms with Crippen molar-refractivity contribution in [2.45, 2.75) is 50.1 Å². The van der Waals surface area contributed by atoms with Crippen LogP contribution in [0.5, 0.6) is 0 Å². The number of pyridine rings is 1. The number of thioether (sulfide) groups is 1. The van der Waals surface area contributed by atoms with Crippen LogP contribution >= 0.6 is 11.8 Å². The van der Waals surface area contributed by atoms with Gasteiger partial charge in [-0.15, -0.1) is 10.2 Å². The molecule has 2 aromatic heterocycles. The molecule has 1 N–H and O–H groups in total. The summed E-state index contributed by atoms with van der Waals surface area (Å²) in [4.78, 5) is 16.7. The molecule has 3 aromatic rings.